The van der Waals surface area contributed by atoms with E-state index in [4.69, 9.17) is 4.74 Å². The molecule has 7 nitrogen and oxygen atoms in total. The first-order valence-electron chi connectivity index (χ1n) is 8.57. The maximum atomic E-state index is 13.9. The van der Waals surface area contributed by atoms with Crippen molar-refractivity contribution in [2.75, 3.05) is 16.6 Å². The second-order valence-electron chi connectivity index (χ2n) is 6.25. The number of ether oxygens (including phenoxy) is 1. The van der Waals surface area contributed by atoms with Gasteiger partial charge in [-0.15, -0.1) is 0 Å². The van der Waals surface area contributed by atoms with Gasteiger partial charge in [0, 0.05) is 0 Å². The Kier molecular flexibility index (Phi) is 6.32. The minimum absolute atomic E-state index is 0.00218. The third-order valence-electron chi connectivity index (χ3n) is 4.11. The van der Waals surface area contributed by atoms with Crippen molar-refractivity contribution in [1.29, 1.82) is 0 Å². The van der Waals surface area contributed by atoms with E-state index in [0.717, 1.165) is 30.3 Å². The number of halogens is 4. The molecule has 32 heavy (non-hydrogen) atoms. The summed E-state index contributed by atoms with van der Waals surface area (Å²) in [6.07, 6.45) is 0. The van der Waals surface area contributed by atoms with E-state index in [1.165, 1.54) is 19.2 Å². The summed E-state index contributed by atoms with van der Waals surface area (Å²) in [6.45, 7) is 0. The smallest absolute Gasteiger partial charge is 0.264 e. The Hall–Kier alpha value is -3.32. The number of methoxy groups -OCH3 is 1. The number of nitrogens with one attached hydrogen (secondary N) is 2. The predicted octanol–water partition coefficient (Wildman–Crippen LogP) is 3.85. The molecule has 13 heteroatoms. The highest BCUT2D eigenvalue weighted by molar-refractivity contribution is 7.93. The van der Waals surface area contributed by atoms with Crippen LogP contribution in [0.3, 0.4) is 0 Å². The van der Waals surface area contributed by atoms with Gasteiger partial charge in [-0.25, -0.2) is 34.4 Å². The van der Waals surface area contributed by atoms with E-state index in [-0.39, 0.29) is 22.0 Å². The Labute approximate surface area is 180 Å². The van der Waals surface area contributed by atoms with Gasteiger partial charge in [-0.2, -0.15) is 0 Å². The number of rotatable bonds is 7. The summed E-state index contributed by atoms with van der Waals surface area (Å²) in [6, 6.07) is 8.30. The lowest BCUT2D eigenvalue weighted by molar-refractivity contribution is 0.417. The zero-order valence-corrected chi connectivity index (χ0v) is 17.7. The van der Waals surface area contributed by atoms with Crippen LogP contribution in [0, 0.1) is 23.3 Å². The van der Waals surface area contributed by atoms with Gasteiger partial charge >= 0.3 is 0 Å². The molecular weight excluding hydrogens is 476 g/mol. The maximum Gasteiger partial charge on any atom is 0.264 e. The van der Waals surface area contributed by atoms with Crippen molar-refractivity contribution in [2.24, 2.45) is 0 Å². The lowest BCUT2D eigenvalue weighted by Crippen LogP contribution is -2.17. The first-order chi connectivity index (χ1) is 14.9. The van der Waals surface area contributed by atoms with Gasteiger partial charge in [-0.05, 0) is 54.6 Å². The van der Waals surface area contributed by atoms with Gasteiger partial charge in [0.25, 0.3) is 20.0 Å². The predicted molar refractivity (Wildman–Crippen MR) is 107 cm³/mol. The summed E-state index contributed by atoms with van der Waals surface area (Å²) < 4.78 is 113. The number of anilines is 2. The molecule has 0 amide bonds. The molecule has 2 N–H and O–H groups in total. The van der Waals surface area contributed by atoms with Crippen molar-refractivity contribution in [3.05, 3.63) is 77.9 Å². The van der Waals surface area contributed by atoms with Crippen molar-refractivity contribution in [1.82, 2.24) is 0 Å². The lowest BCUT2D eigenvalue weighted by atomic mass is 10.2. The molecule has 0 heterocycles. The molecule has 170 valence electrons. The van der Waals surface area contributed by atoms with Gasteiger partial charge in [0.2, 0.25) is 0 Å². The van der Waals surface area contributed by atoms with Crippen LogP contribution in [0.2, 0.25) is 0 Å². The largest absolute Gasteiger partial charge is 0.495 e. The topological polar surface area (TPSA) is 102 Å². The summed E-state index contributed by atoms with van der Waals surface area (Å²) in [5, 5.41) is 0. The van der Waals surface area contributed by atoms with E-state index >= 15 is 0 Å². The molecule has 0 atom stereocenters. The average Bonchev–Trinajstić information content (AvgIpc) is 2.72. The van der Waals surface area contributed by atoms with Crippen LogP contribution in [-0.2, 0) is 20.0 Å². The van der Waals surface area contributed by atoms with Crippen LogP contribution in [0.4, 0.5) is 28.9 Å². The van der Waals surface area contributed by atoms with Gasteiger partial charge in [0.15, 0.2) is 17.5 Å². The fourth-order valence-corrected chi connectivity index (χ4v) is 4.78. The maximum absolute atomic E-state index is 13.9. The van der Waals surface area contributed by atoms with E-state index in [2.05, 4.69) is 4.72 Å². The highest BCUT2D eigenvalue weighted by Crippen LogP contribution is 2.31. The Balaban J connectivity index is 1.96. The zero-order chi connectivity index (χ0) is 23.7. The SMILES string of the molecule is COc1ccc(NS(=O)(=O)c2ccc(F)c(F)c2F)cc1NS(=O)(=O)c1ccc(F)cc1. The fourth-order valence-electron chi connectivity index (χ4n) is 2.59. The zero-order valence-electron chi connectivity index (χ0n) is 16.1. The highest BCUT2D eigenvalue weighted by Gasteiger charge is 2.25. The Bertz CT molecular complexity index is 1380. The summed E-state index contributed by atoms with van der Waals surface area (Å²) >= 11 is 0. The molecule has 0 bridgehead atoms. The van der Waals surface area contributed by atoms with Crippen molar-refractivity contribution >= 4 is 31.4 Å². The Morgan fingerprint density at radius 3 is 2.03 bits per heavy atom. The van der Waals surface area contributed by atoms with E-state index in [0.29, 0.717) is 12.1 Å². The standard InChI is InChI=1S/C19H14F4N2O5S2/c1-30-16-8-4-12(24-32(28,29)17-9-7-14(21)18(22)19(17)23)10-15(16)25-31(26,27)13-5-2-11(20)3-6-13/h2-10,24-25H,1H3. The summed E-state index contributed by atoms with van der Waals surface area (Å²) in [5.74, 6) is -6.10. The van der Waals surface area contributed by atoms with Crippen molar-refractivity contribution in [3.8, 4) is 5.75 Å². The van der Waals surface area contributed by atoms with E-state index in [1.54, 1.807) is 0 Å². The molecular formula is C19H14F4N2O5S2. The summed E-state index contributed by atoms with van der Waals surface area (Å²) in [7, 11) is -7.70. The van der Waals surface area contributed by atoms with E-state index < -0.39 is 48.2 Å². The molecule has 0 aromatic heterocycles. The van der Waals surface area contributed by atoms with Gasteiger partial charge in [-0.3, -0.25) is 9.44 Å². The minimum Gasteiger partial charge on any atom is -0.495 e. The quantitative estimate of drug-likeness (QED) is 0.387. The highest BCUT2D eigenvalue weighted by atomic mass is 32.2. The van der Waals surface area contributed by atoms with Crippen LogP contribution in [0.25, 0.3) is 0 Å². The lowest BCUT2D eigenvalue weighted by Gasteiger charge is -2.15. The van der Waals surface area contributed by atoms with E-state index in [1.807, 2.05) is 4.72 Å². The number of hydrogen-bond donors (Lipinski definition) is 2. The van der Waals surface area contributed by atoms with Gasteiger partial charge in [-0.1, -0.05) is 0 Å². The normalized spacial score (nSPS) is 11.8. The molecule has 3 rings (SSSR count). The third-order valence-corrected chi connectivity index (χ3v) is 6.89. The molecule has 3 aromatic carbocycles. The molecule has 0 spiro atoms. The molecule has 0 fully saturated rings. The molecule has 0 unspecified atom stereocenters. The number of hydrogen-bond acceptors (Lipinski definition) is 5. The van der Waals surface area contributed by atoms with Crippen LogP contribution in [0.15, 0.2) is 64.4 Å². The van der Waals surface area contributed by atoms with Crippen molar-refractivity contribution < 1.29 is 39.1 Å². The molecule has 0 aliphatic rings. The molecule has 0 saturated heterocycles. The van der Waals surface area contributed by atoms with Crippen molar-refractivity contribution in [2.45, 2.75) is 9.79 Å². The average molecular weight is 490 g/mol. The first kappa shape index (κ1) is 23.3. The van der Waals surface area contributed by atoms with Gasteiger partial charge < -0.3 is 4.74 Å². The van der Waals surface area contributed by atoms with Gasteiger partial charge in [0.05, 0.1) is 23.4 Å². The summed E-state index contributed by atoms with van der Waals surface area (Å²) in [4.78, 5) is -1.43. The van der Waals surface area contributed by atoms with Crippen LogP contribution < -0.4 is 14.2 Å². The number of sulfonamides is 2. The van der Waals surface area contributed by atoms with Crippen LogP contribution >= 0.6 is 0 Å². The van der Waals surface area contributed by atoms with Crippen molar-refractivity contribution in [3.63, 3.8) is 0 Å². The Morgan fingerprint density at radius 2 is 1.41 bits per heavy atom. The monoisotopic (exact) mass is 490 g/mol. The van der Waals surface area contributed by atoms with Crippen LogP contribution in [0.1, 0.15) is 0 Å². The molecule has 0 aliphatic heterocycles. The summed E-state index contributed by atoms with van der Waals surface area (Å²) in [5.41, 5.74) is -0.450. The minimum atomic E-state index is -4.71. The number of benzene rings is 3. The molecule has 0 saturated carbocycles. The first-order valence-corrected chi connectivity index (χ1v) is 11.5. The fraction of sp³-hybridized carbons (Fsp3) is 0.0526. The second kappa shape index (κ2) is 8.67. The molecule has 3 aromatic rings. The second-order valence-corrected chi connectivity index (χ2v) is 9.59. The van der Waals surface area contributed by atoms with Gasteiger partial charge in [0.1, 0.15) is 16.5 Å². The Morgan fingerprint density at radius 1 is 0.750 bits per heavy atom. The molecule has 0 radical (unpaired) electrons. The molecule has 0 aliphatic carbocycles. The van der Waals surface area contributed by atoms with Crippen LogP contribution in [0.5, 0.6) is 5.75 Å². The van der Waals surface area contributed by atoms with E-state index in [9.17, 15) is 34.4 Å². The van der Waals surface area contributed by atoms with Crippen LogP contribution in [-0.4, -0.2) is 23.9 Å². The third kappa shape index (κ3) is 4.78.